The van der Waals surface area contributed by atoms with Crippen LogP contribution >= 0.6 is 0 Å². The molecule has 0 radical (unpaired) electrons. The van der Waals surface area contributed by atoms with Gasteiger partial charge in [-0.1, -0.05) is 32.4 Å². The van der Waals surface area contributed by atoms with Gasteiger partial charge in [-0.05, 0) is 49.2 Å². The molecule has 1 N–H and O–H groups in total. The van der Waals surface area contributed by atoms with E-state index in [0.29, 0.717) is 31.3 Å². The van der Waals surface area contributed by atoms with Gasteiger partial charge in [0, 0.05) is 30.1 Å². The van der Waals surface area contributed by atoms with E-state index in [1.54, 1.807) is 0 Å². The number of halogens is 1. The van der Waals surface area contributed by atoms with Crippen molar-refractivity contribution in [1.82, 2.24) is 0 Å². The summed E-state index contributed by atoms with van der Waals surface area (Å²) < 4.78 is 21.1. The van der Waals surface area contributed by atoms with Crippen LogP contribution in [0.1, 0.15) is 59.8 Å². The summed E-state index contributed by atoms with van der Waals surface area (Å²) in [5, 5.41) is 9.73. The molecule has 4 aliphatic carbocycles. The van der Waals surface area contributed by atoms with Gasteiger partial charge >= 0.3 is 5.97 Å². The van der Waals surface area contributed by atoms with Crippen LogP contribution in [-0.2, 0) is 19.1 Å². The summed E-state index contributed by atoms with van der Waals surface area (Å²) >= 11 is 0. The number of carbonyl (C=O) groups excluding carboxylic acids is 3. The first-order valence-electron chi connectivity index (χ1n) is 10.9. The SMILES string of the molecule is CC(=O)O[C@@]1(C(=O)CO)[C@@H](C)C[C@H]2[C@@H]3C[C@H](F)C4=CC(=O)CC[C@]4(C)C3=CC[C@@]21C. The van der Waals surface area contributed by atoms with Gasteiger partial charge < -0.3 is 9.84 Å². The molecule has 0 aromatic heterocycles. The maximum absolute atomic E-state index is 15.4. The zero-order valence-electron chi connectivity index (χ0n) is 18.2. The first-order valence-corrected chi connectivity index (χ1v) is 10.9. The maximum atomic E-state index is 15.4. The van der Waals surface area contributed by atoms with Gasteiger partial charge in [-0.3, -0.25) is 14.4 Å². The summed E-state index contributed by atoms with van der Waals surface area (Å²) in [6.07, 6.45) is 4.85. The van der Waals surface area contributed by atoms with Gasteiger partial charge in [-0.2, -0.15) is 0 Å². The predicted octanol–water partition coefficient (Wildman–Crippen LogP) is 3.50. The van der Waals surface area contributed by atoms with E-state index < -0.39 is 41.0 Å². The number of ether oxygens (including phenoxy) is 1. The molecule has 0 unspecified atom stereocenters. The van der Waals surface area contributed by atoms with Crippen molar-refractivity contribution in [2.24, 2.45) is 28.6 Å². The minimum Gasteiger partial charge on any atom is -0.450 e. The molecule has 0 saturated heterocycles. The van der Waals surface area contributed by atoms with Gasteiger partial charge in [0.15, 0.2) is 11.4 Å². The topological polar surface area (TPSA) is 80.7 Å². The second-order valence-electron chi connectivity index (χ2n) is 10.1. The van der Waals surface area contributed by atoms with Gasteiger partial charge in [-0.15, -0.1) is 0 Å². The summed E-state index contributed by atoms with van der Waals surface area (Å²) in [6, 6.07) is 0. The van der Waals surface area contributed by atoms with E-state index in [4.69, 9.17) is 4.74 Å². The van der Waals surface area contributed by atoms with Crippen LogP contribution in [0.25, 0.3) is 0 Å². The molecular formula is C24H31FO5. The largest absolute Gasteiger partial charge is 0.450 e. The standard InChI is InChI=1S/C24H31FO5/c1-13-9-18-16-11-20(25)19-10-15(28)5-7-22(19,3)17(16)6-8-23(18,4)24(13,21(29)12-26)30-14(2)27/h6,10,13,16,18,20,26H,5,7-9,11-12H2,1-4H3/t13-,16+,18-,20-,22+,23-,24+/m0/s1. The highest BCUT2D eigenvalue weighted by Gasteiger charge is 2.70. The molecule has 4 aliphatic rings. The number of aliphatic hydroxyl groups excluding tert-OH is 1. The van der Waals surface area contributed by atoms with Crippen LogP contribution in [0.4, 0.5) is 4.39 Å². The Hall–Kier alpha value is -1.82. The van der Waals surface area contributed by atoms with E-state index in [2.05, 4.69) is 6.08 Å². The Bertz CT molecular complexity index is 875. The number of allylic oxidation sites excluding steroid dienone is 4. The van der Waals surface area contributed by atoms with Gasteiger partial charge in [-0.25, -0.2) is 4.39 Å². The van der Waals surface area contributed by atoms with Crippen molar-refractivity contribution in [3.05, 3.63) is 23.3 Å². The van der Waals surface area contributed by atoms with Crippen molar-refractivity contribution in [2.75, 3.05) is 6.61 Å². The first-order chi connectivity index (χ1) is 14.0. The van der Waals surface area contributed by atoms with Crippen LogP contribution in [0.2, 0.25) is 0 Å². The number of ketones is 2. The molecule has 164 valence electrons. The normalized spacial score (nSPS) is 44.9. The summed E-state index contributed by atoms with van der Waals surface area (Å²) in [7, 11) is 0. The number of hydrogen-bond donors (Lipinski definition) is 1. The van der Waals surface area contributed by atoms with Crippen molar-refractivity contribution in [1.29, 1.82) is 0 Å². The fourth-order valence-electron chi connectivity index (χ4n) is 7.40. The van der Waals surface area contributed by atoms with Crippen LogP contribution in [-0.4, -0.2) is 41.0 Å². The third kappa shape index (κ3) is 2.58. The average molecular weight is 419 g/mol. The van der Waals surface area contributed by atoms with E-state index in [0.717, 1.165) is 0 Å². The van der Waals surface area contributed by atoms with Crippen molar-refractivity contribution < 1.29 is 28.6 Å². The predicted molar refractivity (Wildman–Crippen MR) is 108 cm³/mol. The molecule has 2 saturated carbocycles. The number of rotatable bonds is 3. The van der Waals surface area contributed by atoms with Crippen molar-refractivity contribution in [3.8, 4) is 0 Å². The fourth-order valence-corrected chi connectivity index (χ4v) is 7.40. The molecule has 4 rings (SSSR count). The Morgan fingerprint density at radius 3 is 2.60 bits per heavy atom. The third-order valence-electron chi connectivity index (χ3n) is 8.72. The highest BCUT2D eigenvalue weighted by Crippen LogP contribution is 2.68. The molecule has 2 fully saturated rings. The van der Waals surface area contributed by atoms with Crippen LogP contribution in [0.15, 0.2) is 23.3 Å². The second kappa shape index (κ2) is 6.84. The van der Waals surface area contributed by atoms with E-state index in [-0.39, 0.29) is 30.0 Å². The lowest BCUT2D eigenvalue weighted by Gasteiger charge is -2.55. The molecule has 0 aliphatic heterocycles. The molecule has 30 heavy (non-hydrogen) atoms. The lowest BCUT2D eigenvalue weighted by molar-refractivity contribution is -0.188. The molecule has 7 atom stereocenters. The van der Waals surface area contributed by atoms with Crippen LogP contribution < -0.4 is 0 Å². The molecule has 6 heteroatoms. The molecule has 0 amide bonds. The smallest absolute Gasteiger partial charge is 0.303 e. The van der Waals surface area contributed by atoms with Crippen molar-refractivity contribution in [3.63, 3.8) is 0 Å². The van der Waals surface area contributed by atoms with E-state index >= 15 is 4.39 Å². The number of esters is 1. The zero-order chi connectivity index (χ0) is 22.1. The Morgan fingerprint density at radius 2 is 1.97 bits per heavy atom. The molecule has 0 aromatic carbocycles. The Kier molecular flexibility index (Phi) is 4.88. The third-order valence-corrected chi connectivity index (χ3v) is 8.72. The second-order valence-corrected chi connectivity index (χ2v) is 10.1. The minimum atomic E-state index is -1.41. The van der Waals surface area contributed by atoms with Crippen molar-refractivity contribution >= 4 is 17.5 Å². The highest BCUT2D eigenvalue weighted by molar-refractivity contribution is 5.93. The lowest BCUT2D eigenvalue weighted by atomic mass is 9.50. The quantitative estimate of drug-likeness (QED) is 0.561. The zero-order valence-corrected chi connectivity index (χ0v) is 18.2. The molecular weight excluding hydrogens is 387 g/mol. The van der Waals surface area contributed by atoms with Crippen LogP contribution in [0.5, 0.6) is 0 Å². The number of carbonyl (C=O) groups is 3. The minimum absolute atomic E-state index is 0.0123. The number of alkyl halides is 1. The first kappa shape index (κ1) is 21.4. The summed E-state index contributed by atoms with van der Waals surface area (Å²) in [4.78, 5) is 37.0. The monoisotopic (exact) mass is 418 g/mol. The highest BCUT2D eigenvalue weighted by atomic mass is 19.1. The molecule has 0 aromatic rings. The van der Waals surface area contributed by atoms with Gasteiger partial charge in [0.25, 0.3) is 0 Å². The van der Waals surface area contributed by atoms with E-state index in [1.807, 2.05) is 20.8 Å². The fraction of sp³-hybridized carbons (Fsp3) is 0.708. The van der Waals surface area contributed by atoms with Crippen LogP contribution in [0.3, 0.4) is 0 Å². The van der Waals surface area contributed by atoms with Crippen LogP contribution in [0, 0.1) is 28.6 Å². The van der Waals surface area contributed by atoms with Gasteiger partial charge in [0.05, 0.1) is 0 Å². The lowest BCUT2D eigenvalue weighted by Crippen LogP contribution is -2.60. The number of aliphatic hydroxyl groups is 1. The number of Topliss-reactive ketones (excluding diaryl/α,β-unsaturated/α-hetero) is 1. The van der Waals surface area contributed by atoms with Gasteiger partial charge in [0.1, 0.15) is 12.8 Å². The van der Waals surface area contributed by atoms with Crippen molar-refractivity contribution in [2.45, 2.75) is 71.6 Å². The Balaban J connectivity index is 1.84. The average Bonchev–Trinajstić information content (AvgIpc) is 2.90. The summed E-state index contributed by atoms with van der Waals surface area (Å²) in [5.74, 6) is -1.44. The number of hydrogen-bond acceptors (Lipinski definition) is 5. The summed E-state index contributed by atoms with van der Waals surface area (Å²) in [5.41, 5.74) is -0.845. The number of fused-ring (bicyclic) bond motifs is 5. The molecule has 0 spiro atoms. The maximum Gasteiger partial charge on any atom is 0.303 e. The van der Waals surface area contributed by atoms with E-state index in [1.165, 1.54) is 18.6 Å². The molecule has 5 nitrogen and oxygen atoms in total. The van der Waals surface area contributed by atoms with Gasteiger partial charge in [0.2, 0.25) is 5.78 Å². The van der Waals surface area contributed by atoms with E-state index in [9.17, 15) is 19.5 Å². The molecule has 0 bridgehead atoms. The Morgan fingerprint density at radius 1 is 1.27 bits per heavy atom. The Labute approximate surface area is 176 Å². The molecule has 0 heterocycles. The summed E-state index contributed by atoms with van der Waals surface area (Å²) in [6.45, 7) is 6.47.